The highest BCUT2D eigenvalue weighted by Gasteiger charge is 2.47. The maximum atomic E-state index is 2.54. The Hall–Kier alpha value is -7.74. The van der Waals surface area contributed by atoms with Crippen molar-refractivity contribution in [2.75, 3.05) is 4.90 Å². The van der Waals surface area contributed by atoms with Crippen molar-refractivity contribution in [1.29, 1.82) is 0 Å². The van der Waals surface area contributed by atoms with E-state index in [2.05, 4.69) is 257 Å². The smallest absolute Gasteiger partial charge is 0.0714 e. The maximum absolute atomic E-state index is 2.54. The van der Waals surface area contributed by atoms with Crippen molar-refractivity contribution in [3.05, 3.63) is 269 Å². The second kappa shape index (κ2) is 14.1. The van der Waals surface area contributed by atoms with Gasteiger partial charge in [0, 0.05) is 27.9 Å². The predicted molar refractivity (Wildman–Crippen MR) is 276 cm³/mol. The van der Waals surface area contributed by atoms with Crippen LogP contribution in [0.3, 0.4) is 0 Å². The quantitative estimate of drug-likeness (QED) is 0.161. The van der Waals surface area contributed by atoms with Crippen LogP contribution in [0.4, 0.5) is 17.1 Å². The fourth-order valence-corrected chi connectivity index (χ4v) is 12.5. The second-order valence-electron chi connectivity index (χ2n) is 19.6. The summed E-state index contributed by atoms with van der Waals surface area (Å²) in [6, 6.07) is 84.5. The zero-order valence-electron chi connectivity index (χ0n) is 37.8. The van der Waals surface area contributed by atoms with E-state index >= 15 is 0 Å². The molecule has 13 rings (SSSR count). The lowest BCUT2D eigenvalue weighted by atomic mass is 9.67. The minimum atomic E-state index is -0.524. The van der Waals surface area contributed by atoms with E-state index in [9.17, 15) is 0 Å². The first-order chi connectivity index (χ1) is 32.3. The third-order valence-corrected chi connectivity index (χ3v) is 15.5. The maximum Gasteiger partial charge on any atom is 0.0714 e. The van der Waals surface area contributed by atoms with E-state index in [4.69, 9.17) is 0 Å². The van der Waals surface area contributed by atoms with E-state index < -0.39 is 5.41 Å². The molecule has 0 aliphatic heterocycles. The summed E-state index contributed by atoms with van der Waals surface area (Å²) in [5, 5.41) is 2.60. The van der Waals surface area contributed by atoms with Crippen molar-refractivity contribution in [3.63, 3.8) is 0 Å². The Morgan fingerprint density at radius 3 is 1.48 bits per heavy atom. The monoisotopic (exact) mass is 843 g/mol. The number of rotatable bonds is 6. The van der Waals surface area contributed by atoms with Gasteiger partial charge in [0.1, 0.15) is 0 Å². The van der Waals surface area contributed by atoms with Crippen molar-refractivity contribution in [2.45, 2.75) is 43.9 Å². The summed E-state index contributed by atoms with van der Waals surface area (Å²) in [6.45, 7) is 9.61. The molecule has 0 fully saturated rings. The van der Waals surface area contributed by atoms with Crippen LogP contribution in [0.2, 0.25) is 0 Å². The van der Waals surface area contributed by atoms with Crippen LogP contribution in [0.1, 0.15) is 72.2 Å². The molecule has 1 nitrogen and oxygen atoms in total. The first-order valence-electron chi connectivity index (χ1n) is 23.4. The molecule has 0 atom stereocenters. The fourth-order valence-electron chi connectivity index (χ4n) is 12.5. The van der Waals surface area contributed by atoms with Gasteiger partial charge in [-0.1, -0.05) is 210 Å². The fraction of sp³-hybridized carbons (Fsp3) is 0.108. The molecule has 3 aliphatic rings. The van der Waals surface area contributed by atoms with Crippen molar-refractivity contribution in [3.8, 4) is 44.5 Å². The Kier molecular flexibility index (Phi) is 8.28. The highest BCUT2D eigenvalue weighted by Crippen LogP contribution is 2.60. The molecule has 0 aromatic heterocycles. The van der Waals surface area contributed by atoms with Gasteiger partial charge in [-0.2, -0.15) is 0 Å². The van der Waals surface area contributed by atoms with Crippen LogP contribution in [0, 0.1) is 0 Å². The highest BCUT2D eigenvalue weighted by atomic mass is 15.1. The Bertz CT molecular complexity index is 3540. The molecule has 0 heterocycles. The third kappa shape index (κ3) is 5.29. The van der Waals surface area contributed by atoms with Crippen molar-refractivity contribution in [2.24, 2.45) is 0 Å². The molecule has 66 heavy (non-hydrogen) atoms. The molecule has 0 saturated heterocycles. The van der Waals surface area contributed by atoms with Gasteiger partial charge >= 0.3 is 0 Å². The van der Waals surface area contributed by atoms with Gasteiger partial charge < -0.3 is 4.90 Å². The molecule has 0 bridgehead atoms. The summed E-state index contributed by atoms with van der Waals surface area (Å²) >= 11 is 0. The zero-order valence-corrected chi connectivity index (χ0v) is 37.8. The average Bonchev–Trinajstić information content (AvgIpc) is 3.89. The second-order valence-corrected chi connectivity index (χ2v) is 19.6. The van der Waals surface area contributed by atoms with Crippen LogP contribution in [0.25, 0.3) is 55.3 Å². The lowest BCUT2D eigenvalue weighted by Crippen LogP contribution is -2.28. The normalized spacial score (nSPS) is 15.0. The number of anilines is 3. The van der Waals surface area contributed by atoms with E-state index in [1.165, 1.54) is 99.8 Å². The minimum Gasteiger partial charge on any atom is -0.310 e. The van der Waals surface area contributed by atoms with Gasteiger partial charge in [0.2, 0.25) is 0 Å². The lowest BCUT2D eigenvalue weighted by molar-refractivity contribution is 0.660. The van der Waals surface area contributed by atoms with Crippen LogP contribution < -0.4 is 4.90 Å². The van der Waals surface area contributed by atoms with E-state index in [1.54, 1.807) is 0 Å². The van der Waals surface area contributed by atoms with Gasteiger partial charge in [-0.25, -0.2) is 0 Å². The van der Waals surface area contributed by atoms with Gasteiger partial charge in [0.05, 0.1) is 5.41 Å². The van der Waals surface area contributed by atoms with E-state index in [0.717, 1.165) is 17.1 Å². The molecule has 0 spiro atoms. The van der Waals surface area contributed by atoms with Crippen molar-refractivity contribution < 1.29 is 0 Å². The molecule has 314 valence electrons. The Labute approximate surface area is 388 Å². The summed E-state index contributed by atoms with van der Waals surface area (Å²) in [5.74, 6) is 0. The first kappa shape index (κ1) is 38.7. The Morgan fingerprint density at radius 2 is 0.803 bits per heavy atom. The highest BCUT2D eigenvalue weighted by molar-refractivity contribution is 6.05. The van der Waals surface area contributed by atoms with E-state index in [1.807, 2.05) is 0 Å². The molecule has 3 aliphatic carbocycles. The van der Waals surface area contributed by atoms with Gasteiger partial charge in [-0.15, -0.1) is 0 Å². The van der Waals surface area contributed by atoms with Crippen molar-refractivity contribution >= 4 is 27.8 Å². The summed E-state index contributed by atoms with van der Waals surface area (Å²) in [7, 11) is 0. The predicted octanol–water partition coefficient (Wildman–Crippen LogP) is 17.0. The third-order valence-electron chi connectivity index (χ3n) is 15.5. The minimum absolute atomic E-state index is 0.157. The number of nitrogens with zero attached hydrogens (tertiary/aromatic N) is 1. The topological polar surface area (TPSA) is 3.24 Å². The molecule has 0 amide bonds. The van der Waals surface area contributed by atoms with E-state index in [0.29, 0.717) is 0 Å². The number of benzene rings is 10. The first-order valence-corrected chi connectivity index (χ1v) is 23.4. The molecule has 0 radical (unpaired) electrons. The molecule has 10 aromatic carbocycles. The van der Waals surface area contributed by atoms with Crippen LogP contribution in [-0.2, 0) is 16.2 Å². The van der Waals surface area contributed by atoms with Gasteiger partial charge in [-0.3, -0.25) is 0 Å². The van der Waals surface area contributed by atoms with Crippen LogP contribution >= 0.6 is 0 Å². The zero-order chi connectivity index (χ0) is 44.4. The van der Waals surface area contributed by atoms with Crippen LogP contribution in [0.15, 0.2) is 224 Å². The Morgan fingerprint density at radius 1 is 0.318 bits per heavy atom. The summed E-state index contributed by atoms with van der Waals surface area (Å²) < 4.78 is 0. The molecular formula is C65H49N. The molecule has 10 aromatic rings. The number of hydrogen-bond acceptors (Lipinski definition) is 1. The SMILES string of the molecule is CC1(C)c2ccccc2-c2ccc(N(c3ccc4c(c3)-c3c(-c5ccccc5)cc5ccccc5c3C4(C)C)c3ccc4c(c3)C(c3ccccc3)(c3ccccc3)c3ccccc3-4)cc21. The molecule has 0 saturated carbocycles. The molecule has 1 heteroatoms. The Balaban J connectivity index is 1.09. The summed E-state index contributed by atoms with van der Waals surface area (Å²) in [5.41, 5.74) is 23.5. The number of hydrogen-bond donors (Lipinski definition) is 0. The molecular weight excluding hydrogens is 795 g/mol. The van der Waals surface area contributed by atoms with Gasteiger partial charge in [0.15, 0.2) is 0 Å². The average molecular weight is 844 g/mol. The van der Waals surface area contributed by atoms with Crippen LogP contribution in [0.5, 0.6) is 0 Å². The lowest BCUT2D eigenvalue weighted by Gasteiger charge is -2.35. The summed E-state index contributed by atoms with van der Waals surface area (Å²) in [6.07, 6.45) is 0. The standard InChI is InChI=1S/C65H49N/c1-63(2)56-30-18-16-28-50(56)52-35-32-47(40-59(52)63)66(46-34-37-57-55(39-46)61-54(42-20-8-5-9-21-42)38-43-22-14-15-27-49(43)62(61)64(57,3)4)48-33-36-53-51-29-17-19-31-58(51)65(60(53)41-48,44-23-10-6-11-24-44)45-25-12-7-13-26-45/h5-41H,1-4H3. The van der Waals surface area contributed by atoms with Gasteiger partial charge in [-0.05, 0) is 142 Å². The molecule has 0 unspecified atom stereocenters. The summed E-state index contributed by atoms with van der Waals surface area (Å²) in [4.78, 5) is 2.54. The largest absolute Gasteiger partial charge is 0.310 e. The number of fused-ring (bicyclic) bond motifs is 11. The van der Waals surface area contributed by atoms with Crippen LogP contribution in [-0.4, -0.2) is 0 Å². The van der Waals surface area contributed by atoms with E-state index in [-0.39, 0.29) is 10.8 Å². The molecule has 0 N–H and O–H groups in total. The van der Waals surface area contributed by atoms with Gasteiger partial charge in [0.25, 0.3) is 0 Å². The van der Waals surface area contributed by atoms with Crippen molar-refractivity contribution in [1.82, 2.24) is 0 Å².